The Balaban J connectivity index is 1.58. The second-order valence-corrected chi connectivity index (χ2v) is 8.54. The van der Waals surface area contributed by atoms with Crippen molar-refractivity contribution in [2.24, 2.45) is 0 Å². The lowest BCUT2D eigenvalue weighted by molar-refractivity contribution is -0.119. The van der Waals surface area contributed by atoms with Gasteiger partial charge in [-0.05, 0) is 36.4 Å². The van der Waals surface area contributed by atoms with Crippen LogP contribution in [0.3, 0.4) is 0 Å². The topological polar surface area (TPSA) is 84.7 Å². The van der Waals surface area contributed by atoms with Crippen molar-refractivity contribution in [3.63, 3.8) is 0 Å². The van der Waals surface area contributed by atoms with E-state index in [1.54, 1.807) is 11.9 Å². The number of nitrogens with zero attached hydrogens (tertiary/aromatic N) is 4. The summed E-state index contributed by atoms with van der Waals surface area (Å²) >= 11 is 0. The van der Waals surface area contributed by atoms with Crippen LogP contribution in [-0.2, 0) is 14.8 Å². The first-order valence-corrected chi connectivity index (χ1v) is 10.4. The lowest BCUT2D eigenvalue weighted by Crippen LogP contribution is -2.51. The Hall–Kier alpha value is -2.73. The molecule has 0 aliphatic carbocycles. The highest BCUT2D eigenvalue weighted by molar-refractivity contribution is 7.89. The van der Waals surface area contributed by atoms with Crippen molar-refractivity contribution < 1.29 is 13.2 Å². The Kier molecular flexibility index (Phi) is 6.09. The Labute approximate surface area is 165 Å². The summed E-state index contributed by atoms with van der Waals surface area (Å²) in [7, 11) is -1.86. The normalized spacial score (nSPS) is 15.7. The number of rotatable bonds is 5. The van der Waals surface area contributed by atoms with E-state index in [-0.39, 0.29) is 17.3 Å². The average molecular weight is 398 g/mol. The number of hydrogen-bond acceptors (Lipinski definition) is 5. The lowest BCUT2D eigenvalue weighted by atomic mass is 10.2. The molecule has 28 heavy (non-hydrogen) atoms. The Morgan fingerprint density at radius 3 is 2.21 bits per heavy atom. The molecule has 3 rings (SSSR count). The van der Waals surface area contributed by atoms with Gasteiger partial charge in [0.05, 0.1) is 23.1 Å². The highest BCUT2D eigenvalue weighted by Gasteiger charge is 2.29. The van der Waals surface area contributed by atoms with E-state index in [0.717, 1.165) is 5.69 Å². The van der Waals surface area contributed by atoms with Crippen molar-refractivity contribution in [2.45, 2.75) is 4.90 Å². The number of amides is 1. The van der Waals surface area contributed by atoms with Gasteiger partial charge in [0.2, 0.25) is 15.9 Å². The van der Waals surface area contributed by atoms with Crippen LogP contribution in [0.25, 0.3) is 0 Å². The molecule has 0 atom stereocenters. The van der Waals surface area contributed by atoms with Gasteiger partial charge >= 0.3 is 0 Å². The van der Waals surface area contributed by atoms with Gasteiger partial charge in [0.1, 0.15) is 0 Å². The molecule has 1 aliphatic rings. The van der Waals surface area contributed by atoms with E-state index < -0.39 is 10.0 Å². The van der Waals surface area contributed by atoms with E-state index in [4.69, 9.17) is 5.26 Å². The van der Waals surface area contributed by atoms with E-state index in [0.29, 0.717) is 31.7 Å². The second-order valence-electron chi connectivity index (χ2n) is 6.60. The van der Waals surface area contributed by atoms with Gasteiger partial charge in [0.15, 0.2) is 0 Å². The monoisotopic (exact) mass is 398 g/mol. The predicted octanol–water partition coefficient (Wildman–Crippen LogP) is 1.53. The molecule has 0 bridgehead atoms. The largest absolute Gasteiger partial charge is 0.314 e. The van der Waals surface area contributed by atoms with Crippen LogP contribution in [0.15, 0.2) is 59.5 Å². The van der Waals surface area contributed by atoms with Gasteiger partial charge < -0.3 is 4.90 Å². The number of anilines is 1. The number of hydrogen-bond donors (Lipinski definition) is 0. The zero-order valence-corrected chi connectivity index (χ0v) is 16.5. The summed E-state index contributed by atoms with van der Waals surface area (Å²) in [5.74, 6) is -0.0328. The van der Waals surface area contributed by atoms with E-state index in [2.05, 4.69) is 0 Å². The highest BCUT2D eigenvalue weighted by Crippen LogP contribution is 2.18. The van der Waals surface area contributed by atoms with Crippen LogP contribution in [0.2, 0.25) is 0 Å². The lowest BCUT2D eigenvalue weighted by Gasteiger charge is -2.34. The molecule has 2 aromatic rings. The first-order valence-electron chi connectivity index (χ1n) is 8.96. The summed E-state index contributed by atoms with van der Waals surface area (Å²) in [5, 5.41) is 8.85. The van der Waals surface area contributed by atoms with Gasteiger partial charge in [-0.1, -0.05) is 18.2 Å². The third-order valence-corrected chi connectivity index (χ3v) is 6.74. The molecular formula is C20H22N4O3S. The average Bonchev–Trinajstić information content (AvgIpc) is 2.74. The highest BCUT2D eigenvalue weighted by atomic mass is 32.2. The molecule has 1 saturated heterocycles. The van der Waals surface area contributed by atoms with Crippen LogP contribution in [0.4, 0.5) is 5.69 Å². The number of likely N-dealkylation sites (N-methyl/N-ethyl adjacent to an activating group) is 1. The molecule has 1 heterocycles. The van der Waals surface area contributed by atoms with Crippen molar-refractivity contribution >= 4 is 21.6 Å². The molecule has 146 valence electrons. The van der Waals surface area contributed by atoms with Crippen molar-refractivity contribution in [3.8, 4) is 6.07 Å². The number of carbonyl (C=O) groups is 1. The summed E-state index contributed by atoms with van der Waals surface area (Å²) in [6.07, 6.45) is 0. The maximum Gasteiger partial charge on any atom is 0.243 e. The fourth-order valence-electron chi connectivity index (χ4n) is 3.07. The van der Waals surface area contributed by atoms with Crippen LogP contribution in [0.1, 0.15) is 5.56 Å². The molecule has 0 radical (unpaired) electrons. The summed E-state index contributed by atoms with van der Waals surface area (Å²) in [6, 6.07) is 17.3. The molecule has 7 nitrogen and oxygen atoms in total. The van der Waals surface area contributed by atoms with E-state index >= 15 is 0 Å². The number of carbonyl (C=O) groups excluding carboxylic acids is 1. The van der Waals surface area contributed by atoms with Crippen molar-refractivity contribution in [1.82, 2.24) is 9.21 Å². The van der Waals surface area contributed by atoms with E-state index in [1.165, 1.54) is 28.6 Å². The summed E-state index contributed by atoms with van der Waals surface area (Å²) in [4.78, 5) is 16.3. The molecule has 2 aromatic carbocycles. The summed E-state index contributed by atoms with van der Waals surface area (Å²) in [6.45, 7) is 1.87. The molecule has 0 spiro atoms. The number of nitriles is 1. The fraction of sp³-hybridized carbons (Fsp3) is 0.300. The van der Waals surface area contributed by atoms with Gasteiger partial charge in [0.25, 0.3) is 0 Å². The Bertz CT molecular complexity index is 961. The number of piperazine rings is 1. The van der Waals surface area contributed by atoms with Gasteiger partial charge in [-0.15, -0.1) is 0 Å². The predicted molar refractivity (Wildman–Crippen MR) is 106 cm³/mol. The summed E-state index contributed by atoms with van der Waals surface area (Å²) < 4.78 is 26.9. The zero-order chi connectivity index (χ0) is 20.1. The second kappa shape index (κ2) is 8.52. The van der Waals surface area contributed by atoms with Gasteiger partial charge in [0, 0.05) is 38.9 Å². The molecule has 1 aliphatic heterocycles. The molecule has 0 unspecified atom stereocenters. The van der Waals surface area contributed by atoms with E-state index in [1.807, 2.05) is 41.3 Å². The van der Waals surface area contributed by atoms with Crippen molar-refractivity contribution in [1.29, 1.82) is 5.26 Å². The number of benzene rings is 2. The third-order valence-electron chi connectivity index (χ3n) is 4.83. The van der Waals surface area contributed by atoms with Crippen LogP contribution in [0.5, 0.6) is 0 Å². The molecule has 0 aromatic heterocycles. The third kappa shape index (κ3) is 4.39. The minimum absolute atomic E-state index is 0.0328. The molecule has 1 amide bonds. The minimum Gasteiger partial charge on any atom is -0.314 e. The van der Waals surface area contributed by atoms with Crippen LogP contribution in [0, 0.1) is 11.3 Å². The molecule has 8 heteroatoms. The first-order chi connectivity index (χ1) is 13.4. The quantitative estimate of drug-likeness (QED) is 0.763. The van der Waals surface area contributed by atoms with Crippen LogP contribution >= 0.6 is 0 Å². The minimum atomic E-state index is -3.60. The number of sulfonamides is 1. The molecule has 0 N–H and O–H groups in total. The Morgan fingerprint density at radius 1 is 1.04 bits per heavy atom. The van der Waals surface area contributed by atoms with Crippen LogP contribution in [-0.4, -0.2) is 63.3 Å². The molecule has 1 fully saturated rings. The standard InChI is InChI=1S/C20H22N4O3S/c1-22(18-5-3-2-4-6-18)20(25)16-23-11-13-24(14-12-23)28(26,27)19-9-7-17(15-21)8-10-19/h2-10H,11-14,16H2,1H3. The molecule has 0 saturated carbocycles. The van der Waals surface area contributed by atoms with Gasteiger partial charge in [-0.2, -0.15) is 9.57 Å². The zero-order valence-electron chi connectivity index (χ0n) is 15.7. The number of para-hydroxylation sites is 1. The Morgan fingerprint density at radius 2 is 1.64 bits per heavy atom. The van der Waals surface area contributed by atoms with Gasteiger partial charge in [-0.3, -0.25) is 9.69 Å². The van der Waals surface area contributed by atoms with E-state index in [9.17, 15) is 13.2 Å². The van der Waals surface area contributed by atoms with Gasteiger partial charge in [-0.25, -0.2) is 8.42 Å². The molecular weight excluding hydrogens is 376 g/mol. The smallest absolute Gasteiger partial charge is 0.243 e. The van der Waals surface area contributed by atoms with Crippen LogP contribution < -0.4 is 4.90 Å². The SMILES string of the molecule is CN(C(=O)CN1CCN(S(=O)(=O)c2ccc(C#N)cc2)CC1)c1ccccc1. The first kappa shape index (κ1) is 20.0. The van der Waals surface area contributed by atoms with Crippen molar-refractivity contribution in [2.75, 3.05) is 44.7 Å². The fourth-order valence-corrected chi connectivity index (χ4v) is 4.49. The maximum atomic E-state index is 12.8. The maximum absolute atomic E-state index is 12.8. The van der Waals surface area contributed by atoms with Crippen molar-refractivity contribution in [3.05, 3.63) is 60.2 Å². The summed E-state index contributed by atoms with van der Waals surface area (Å²) in [5.41, 5.74) is 1.25.